The number of hydrogen-bond donors (Lipinski definition) is 3. The highest BCUT2D eigenvalue weighted by Crippen LogP contribution is 2.23. The molecule has 0 aromatic heterocycles. The van der Waals surface area contributed by atoms with Crippen molar-refractivity contribution in [3.05, 3.63) is 53.1 Å². The topological polar surface area (TPSA) is 94.0 Å². The summed E-state index contributed by atoms with van der Waals surface area (Å²) >= 11 is 0. The molecule has 0 fully saturated rings. The fourth-order valence-corrected chi connectivity index (χ4v) is 2.97. The van der Waals surface area contributed by atoms with E-state index in [2.05, 4.69) is 20.7 Å². The molecule has 0 bridgehead atoms. The van der Waals surface area contributed by atoms with Crippen LogP contribution in [0.25, 0.3) is 0 Å². The number of aryl methyl sites for hydroxylation is 2. The summed E-state index contributed by atoms with van der Waals surface area (Å²) in [6, 6.07) is 11.1. The quantitative estimate of drug-likeness (QED) is 0.434. The Bertz CT molecular complexity index is 921. The molecular weight excluding hydrogens is 380 g/mol. The third kappa shape index (κ3) is 6.62. The SMILES string of the molecule is CCN(CC)c1ccc(/C=N/NC(=O)CCC(=O)Nc2cc(C)ccc2C)c(O)c1. The molecule has 0 aliphatic carbocycles. The number of carbonyl (C=O) groups is 2. The van der Waals surface area contributed by atoms with Crippen molar-refractivity contribution >= 4 is 29.4 Å². The molecule has 2 aromatic carbocycles. The minimum atomic E-state index is -0.374. The summed E-state index contributed by atoms with van der Waals surface area (Å²) in [6.45, 7) is 9.66. The summed E-state index contributed by atoms with van der Waals surface area (Å²) in [7, 11) is 0. The van der Waals surface area contributed by atoms with E-state index >= 15 is 0 Å². The normalized spacial score (nSPS) is 10.8. The van der Waals surface area contributed by atoms with Gasteiger partial charge in [0, 0.05) is 48.9 Å². The van der Waals surface area contributed by atoms with Gasteiger partial charge in [-0.15, -0.1) is 0 Å². The number of phenols is 1. The number of hydrogen-bond acceptors (Lipinski definition) is 5. The molecule has 0 saturated carbocycles. The van der Waals surface area contributed by atoms with Crippen LogP contribution in [-0.4, -0.2) is 36.2 Å². The molecule has 0 aliphatic rings. The minimum absolute atomic E-state index is 0.0148. The van der Waals surface area contributed by atoms with Crippen molar-refractivity contribution in [2.24, 2.45) is 5.10 Å². The lowest BCUT2D eigenvalue weighted by atomic mass is 10.1. The van der Waals surface area contributed by atoms with Crippen LogP contribution in [0.15, 0.2) is 41.5 Å². The second-order valence-corrected chi connectivity index (χ2v) is 7.08. The zero-order chi connectivity index (χ0) is 22.1. The largest absolute Gasteiger partial charge is 0.507 e. The summed E-state index contributed by atoms with van der Waals surface area (Å²) in [5, 5.41) is 16.9. The zero-order valence-electron chi connectivity index (χ0n) is 18.0. The number of anilines is 2. The molecule has 0 unspecified atom stereocenters. The molecule has 160 valence electrons. The van der Waals surface area contributed by atoms with Gasteiger partial charge in [0.25, 0.3) is 0 Å². The van der Waals surface area contributed by atoms with Gasteiger partial charge < -0.3 is 15.3 Å². The van der Waals surface area contributed by atoms with Crippen molar-refractivity contribution in [3.63, 3.8) is 0 Å². The fourth-order valence-electron chi connectivity index (χ4n) is 2.97. The van der Waals surface area contributed by atoms with Crippen LogP contribution in [0.5, 0.6) is 5.75 Å². The van der Waals surface area contributed by atoms with Gasteiger partial charge >= 0.3 is 0 Å². The van der Waals surface area contributed by atoms with Crippen LogP contribution in [0.1, 0.15) is 43.4 Å². The van der Waals surface area contributed by atoms with E-state index < -0.39 is 0 Å². The van der Waals surface area contributed by atoms with Gasteiger partial charge in [-0.3, -0.25) is 9.59 Å². The smallest absolute Gasteiger partial charge is 0.240 e. The van der Waals surface area contributed by atoms with Crippen molar-refractivity contribution in [1.82, 2.24) is 5.43 Å². The molecule has 3 N–H and O–H groups in total. The average Bonchev–Trinajstić information content (AvgIpc) is 2.71. The second-order valence-electron chi connectivity index (χ2n) is 7.08. The Morgan fingerprint density at radius 1 is 1.03 bits per heavy atom. The first-order chi connectivity index (χ1) is 14.3. The number of nitrogens with one attached hydrogen (secondary N) is 2. The first-order valence-electron chi connectivity index (χ1n) is 10.1. The van der Waals surface area contributed by atoms with Crippen molar-refractivity contribution in [3.8, 4) is 5.75 Å². The fraction of sp³-hybridized carbons (Fsp3) is 0.348. The Kier molecular flexibility index (Phi) is 8.41. The molecule has 0 saturated heterocycles. The summed E-state index contributed by atoms with van der Waals surface area (Å²) < 4.78 is 0. The molecule has 2 amide bonds. The molecule has 0 radical (unpaired) electrons. The third-order valence-electron chi connectivity index (χ3n) is 4.78. The summed E-state index contributed by atoms with van der Waals surface area (Å²) in [5.74, 6) is -0.514. The first kappa shape index (κ1) is 22.9. The molecule has 7 nitrogen and oxygen atoms in total. The van der Waals surface area contributed by atoms with Crippen molar-refractivity contribution in [1.29, 1.82) is 0 Å². The van der Waals surface area contributed by atoms with E-state index in [-0.39, 0.29) is 30.4 Å². The Labute approximate surface area is 177 Å². The van der Waals surface area contributed by atoms with Gasteiger partial charge in [0.1, 0.15) is 5.75 Å². The number of phenolic OH excluding ortho intramolecular Hbond substituents is 1. The minimum Gasteiger partial charge on any atom is -0.507 e. The highest BCUT2D eigenvalue weighted by atomic mass is 16.3. The highest BCUT2D eigenvalue weighted by Gasteiger charge is 2.09. The number of benzene rings is 2. The molecule has 0 atom stereocenters. The maximum absolute atomic E-state index is 12.1. The summed E-state index contributed by atoms with van der Waals surface area (Å²) in [6.07, 6.45) is 1.45. The van der Waals surface area contributed by atoms with Gasteiger partial charge in [0.15, 0.2) is 0 Å². The van der Waals surface area contributed by atoms with E-state index in [1.54, 1.807) is 12.1 Å². The monoisotopic (exact) mass is 410 g/mol. The van der Waals surface area contributed by atoms with Crippen molar-refractivity contribution in [2.75, 3.05) is 23.3 Å². The Morgan fingerprint density at radius 2 is 1.73 bits per heavy atom. The second kappa shape index (κ2) is 11.0. The maximum Gasteiger partial charge on any atom is 0.240 e. The van der Waals surface area contributed by atoms with E-state index in [0.29, 0.717) is 5.56 Å². The van der Waals surface area contributed by atoms with Gasteiger partial charge in [0.05, 0.1) is 6.21 Å². The van der Waals surface area contributed by atoms with E-state index in [0.717, 1.165) is 35.6 Å². The number of aromatic hydroxyl groups is 1. The van der Waals surface area contributed by atoms with E-state index in [1.807, 2.05) is 52.0 Å². The molecule has 0 aliphatic heterocycles. The Morgan fingerprint density at radius 3 is 2.40 bits per heavy atom. The van der Waals surface area contributed by atoms with Gasteiger partial charge in [-0.2, -0.15) is 5.10 Å². The highest BCUT2D eigenvalue weighted by molar-refractivity contribution is 5.94. The lowest BCUT2D eigenvalue weighted by Gasteiger charge is -2.21. The van der Waals surface area contributed by atoms with Crippen LogP contribution in [0.2, 0.25) is 0 Å². The molecule has 30 heavy (non-hydrogen) atoms. The molecule has 2 aromatic rings. The number of hydrazone groups is 1. The van der Waals surface area contributed by atoms with E-state index in [9.17, 15) is 14.7 Å². The number of rotatable bonds is 9. The van der Waals surface area contributed by atoms with Crippen molar-refractivity contribution < 1.29 is 14.7 Å². The molecule has 0 heterocycles. The van der Waals surface area contributed by atoms with E-state index in [1.165, 1.54) is 6.21 Å². The summed E-state index contributed by atoms with van der Waals surface area (Å²) in [4.78, 5) is 26.2. The van der Waals surface area contributed by atoms with Crippen LogP contribution >= 0.6 is 0 Å². The van der Waals surface area contributed by atoms with Gasteiger partial charge in [0.2, 0.25) is 11.8 Å². The Balaban J connectivity index is 1.83. The van der Waals surface area contributed by atoms with Crippen LogP contribution in [0, 0.1) is 13.8 Å². The van der Waals surface area contributed by atoms with Gasteiger partial charge in [-0.1, -0.05) is 12.1 Å². The number of nitrogens with zero attached hydrogens (tertiary/aromatic N) is 2. The van der Waals surface area contributed by atoms with Crippen molar-refractivity contribution in [2.45, 2.75) is 40.5 Å². The van der Waals surface area contributed by atoms with Gasteiger partial charge in [-0.25, -0.2) is 5.43 Å². The number of amides is 2. The van der Waals surface area contributed by atoms with Crippen LogP contribution in [0.4, 0.5) is 11.4 Å². The van der Waals surface area contributed by atoms with Crippen LogP contribution < -0.4 is 15.6 Å². The standard InChI is InChI=1S/C23H30N4O3/c1-5-27(6-2)19-10-9-18(21(28)14-19)15-24-26-23(30)12-11-22(29)25-20-13-16(3)7-8-17(20)4/h7-10,13-15,28H,5-6,11-12H2,1-4H3,(H,25,29)(H,26,30)/b24-15+. The van der Waals surface area contributed by atoms with Crippen LogP contribution in [0.3, 0.4) is 0 Å². The van der Waals surface area contributed by atoms with Crippen LogP contribution in [-0.2, 0) is 9.59 Å². The van der Waals surface area contributed by atoms with Gasteiger partial charge in [-0.05, 0) is 57.0 Å². The first-order valence-corrected chi connectivity index (χ1v) is 10.1. The lowest BCUT2D eigenvalue weighted by Crippen LogP contribution is -2.21. The molecule has 0 spiro atoms. The maximum atomic E-state index is 12.1. The predicted molar refractivity (Wildman–Crippen MR) is 121 cm³/mol. The summed E-state index contributed by atoms with van der Waals surface area (Å²) in [5.41, 5.74) is 6.58. The average molecular weight is 411 g/mol. The lowest BCUT2D eigenvalue weighted by molar-refractivity contribution is -0.124. The Hall–Kier alpha value is -3.35. The van der Waals surface area contributed by atoms with E-state index in [4.69, 9.17) is 0 Å². The molecule has 7 heteroatoms. The third-order valence-corrected chi connectivity index (χ3v) is 4.78. The predicted octanol–water partition coefficient (Wildman–Crippen LogP) is 3.72. The molecular formula is C23H30N4O3. The molecule has 2 rings (SSSR count). The zero-order valence-corrected chi connectivity index (χ0v) is 18.0. The number of carbonyl (C=O) groups excluding carboxylic acids is 2.